The molecule has 0 spiro atoms. The summed E-state index contributed by atoms with van der Waals surface area (Å²) in [7, 11) is 0. The van der Waals surface area contributed by atoms with Crippen LogP contribution in [-0.2, 0) is 0 Å². The van der Waals surface area contributed by atoms with Crippen molar-refractivity contribution < 1.29 is 14.3 Å². The average Bonchev–Trinajstić information content (AvgIpc) is 2.45. The van der Waals surface area contributed by atoms with Gasteiger partial charge in [0.25, 0.3) is 0 Å². The molecule has 0 aromatic heterocycles. The highest BCUT2D eigenvalue weighted by Gasteiger charge is 2.11. The molecule has 0 bridgehead atoms. The number of carbonyl (C=O) groups excluding carboxylic acids is 2. The van der Waals surface area contributed by atoms with Crippen LogP contribution in [-0.4, -0.2) is 18.7 Å². The van der Waals surface area contributed by atoms with Crippen LogP contribution in [0.15, 0.2) is 42.5 Å². The molecular formula is C15H10Cl2O3. The van der Waals surface area contributed by atoms with Gasteiger partial charge in [-0.3, -0.25) is 9.59 Å². The Morgan fingerprint density at radius 3 is 2.65 bits per heavy atom. The molecule has 3 nitrogen and oxygen atoms in total. The molecule has 0 saturated carbocycles. The predicted octanol–water partition coefficient (Wildman–Crippen LogP) is 4.07. The number of rotatable bonds is 5. The van der Waals surface area contributed by atoms with Gasteiger partial charge in [0.05, 0.1) is 5.02 Å². The molecule has 5 heteroatoms. The molecule has 102 valence electrons. The maximum Gasteiger partial charge on any atom is 0.201 e. The summed E-state index contributed by atoms with van der Waals surface area (Å²) in [5.41, 5.74) is 0.835. The molecule has 2 aromatic carbocycles. The number of carbonyl (C=O) groups is 2. The van der Waals surface area contributed by atoms with E-state index in [0.717, 1.165) is 0 Å². The summed E-state index contributed by atoms with van der Waals surface area (Å²) in [5, 5.41) is 0.749. The minimum absolute atomic E-state index is 0.163. The van der Waals surface area contributed by atoms with Gasteiger partial charge in [-0.05, 0) is 30.3 Å². The van der Waals surface area contributed by atoms with Crippen LogP contribution in [0.5, 0.6) is 5.75 Å². The van der Waals surface area contributed by atoms with E-state index in [4.69, 9.17) is 27.9 Å². The Morgan fingerprint density at radius 1 is 1.15 bits per heavy atom. The predicted molar refractivity (Wildman–Crippen MR) is 78.1 cm³/mol. The first kappa shape index (κ1) is 14.6. The highest BCUT2D eigenvalue weighted by Crippen LogP contribution is 2.22. The van der Waals surface area contributed by atoms with Crippen molar-refractivity contribution in [2.24, 2.45) is 0 Å². The van der Waals surface area contributed by atoms with Crippen molar-refractivity contribution in [1.82, 2.24) is 0 Å². The normalized spacial score (nSPS) is 10.1. The van der Waals surface area contributed by atoms with Crippen LogP contribution >= 0.6 is 23.2 Å². The van der Waals surface area contributed by atoms with Gasteiger partial charge in [0, 0.05) is 16.1 Å². The monoisotopic (exact) mass is 308 g/mol. The van der Waals surface area contributed by atoms with E-state index in [0.29, 0.717) is 28.2 Å². The Bertz CT molecular complexity index is 653. The van der Waals surface area contributed by atoms with Gasteiger partial charge in [-0.1, -0.05) is 35.3 Å². The van der Waals surface area contributed by atoms with Crippen LogP contribution in [0.3, 0.4) is 0 Å². The van der Waals surface area contributed by atoms with Crippen molar-refractivity contribution in [2.75, 3.05) is 6.61 Å². The topological polar surface area (TPSA) is 43.4 Å². The number of Topliss-reactive ketones (excluding diaryl/α,β-unsaturated/α-hetero) is 1. The second-order valence-electron chi connectivity index (χ2n) is 4.03. The lowest BCUT2D eigenvalue weighted by Crippen LogP contribution is -2.12. The summed E-state index contributed by atoms with van der Waals surface area (Å²) < 4.78 is 5.35. The summed E-state index contributed by atoms with van der Waals surface area (Å²) in [5.74, 6) is 0.191. The van der Waals surface area contributed by atoms with E-state index in [9.17, 15) is 9.59 Å². The number of ketones is 1. The van der Waals surface area contributed by atoms with Gasteiger partial charge in [-0.25, -0.2) is 0 Å². The minimum atomic E-state index is -0.261. The van der Waals surface area contributed by atoms with Gasteiger partial charge >= 0.3 is 0 Å². The lowest BCUT2D eigenvalue weighted by Gasteiger charge is -2.07. The Kier molecular flexibility index (Phi) is 4.77. The number of aldehydes is 1. The molecule has 0 N–H and O–H groups in total. The highest BCUT2D eigenvalue weighted by atomic mass is 35.5. The highest BCUT2D eigenvalue weighted by molar-refractivity contribution is 6.36. The SMILES string of the molecule is O=Cc1cccc(OCC(=O)c2ccc(Cl)cc2Cl)c1. The molecule has 2 aromatic rings. The summed E-state index contributed by atoms with van der Waals surface area (Å²) in [6.45, 7) is -0.163. The van der Waals surface area contributed by atoms with E-state index >= 15 is 0 Å². The minimum Gasteiger partial charge on any atom is -0.485 e. The van der Waals surface area contributed by atoms with Crippen molar-refractivity contribution in [2.45, 2.75) is 0 Å². The fraction of sp³-hybridized carbons (Fsp3) is 0.0667. The van der Waals surface area contributed by atoms with Gasteiger partial charge in [0.15, 0.2) is 6.61 Å². The fourth-order valence-corrected chi connectivity index (χ4v) is 2.13. The smallest absolute Gasteiger partial charge is 0.201 e. The molecule has 2 rings (SSSR count). The van der Waals surface area contributed by atoms with Crippen LogP contribution in [0.1, 0.15) is 20.7 Å². The second kappa shape index (κ2) is 6.55. The number of halogens is 2. The molecule has 0 saturated heterocycles. The van der Waals surface area contributed by atoms with Gasteiger partial charge in [-0.15, -0.1) is 0 Å². The largest absolute Gasteiger partial charge is 0.485 e. The van der Waals surface area contributed by atoms with Crippen LogP contribution in [0.25, 0.3) is 0 Å². The van der Waals surface area contributed by atoms with E-state index in [-0.39, 0.29) is 17.4 Å². The zero-order valence-corrected chi connectivity index (χ0v) is 11.8. The first-order valence-corrected chi connectivity index (χ1v) is 6.52. The van der Waals surface area contributed by atoms with Gasteiger partial charge < -0.3 is 4.74 Å². The van der Waals surface area contributed by atoms with Gasteiger partial charge in [0.1, 0.15) is 12.0 Å². The summed E-state index contributed by atoms with van der Waals surface area (Å²) in [4.78, 5) is 22.6. The van der Waals surface area contributed by atoms with Crippen molar-refractivity contribution in [3.8, 4) is 5.75 Å². The maximum atomic E-state index is 12.0. The third-order valence-corrected chi connectivity index (χ3v) is 3.14. The van der Waals surface area contributed by atoms with Crippen LogP contribution < -0.4 is 4.74 Å². The third kappa shape index (κ3) is 3.59. The van der Waals surface area contributed by atoms with E-state index in [1.54, 1.807) is 36.4 Å². The zero-order chi connectivity index (χ0) is 14.5. The molecule has 0 heterocycles. The fourth-order valence-electron chi connectivity index (χ4n) is 1.62. The van der Waals surface area contributed by atoms with Crippen LogP contribution in [0, 0.1) is 0 Å². The summed E-state index contributed by atoms with van der Waals surface area (Å²) in [6, 6.07) is 11.2. The van der Waals surface area contributed by atoms with Gasteiger partial charge in [-0.2, -0.15) is 0 Å². The third-order valence-electron chi connectivity index (χ3n) is 2.60. The average molecular weight is 309 g/mol. The van der Waals surface area contributed by atoms with E-state index in [1.165, 1.54) is 6.07 Å². The molecule has 20 heavy (non-hydrogen) atoms. The quantitative estimate of drug-likeness (QED) is 0.618. The summed E-state index contributed by atoms with van der Waals surface area (Å²) in [6.07, 6.45) is 0.713. The molecule has 0 aliphatic carbocycles. The molecule has 0 atom stereocenters. The second-order valence-corrected chi connectivity index (χ2v) is 4.87. The Balaban J connectivity index is 2.06. The first-order chi connectivity index (χ1) is 9.60. The lowest BCUT2D eigenvalue weighted by atomic mass is 10.1. The molecule has 0 aliphatic heterocycles. The van der Waals surface area contributed by atoms with Crippen LogP contribution in [0.2, 0.25) is 10.0 Å². The maximum absolute atomic E-state index is 12.0. The number of hydrogen-bond acceptors (Lipinski definition) is 3. The zero-order valence-electron chi connectivity index (χ0n) is 10.3. The van der Waals surface area contributed by atoms with Crippen LogP contribution in [0.4, 0.5) is 0 Å². The molecule has 0 aliphatic rings. The molecule has 0 unspecified atom stereocenters. The molecule has 0 radical (unpaired) electrons. The van der Waals surface area contributed by atoms with E-state index < -0.39 is 0 Å². The molecule has 0 fully saturated rings. The van der Waals surface area contributed by atoms with E-state index in [2.05, 4.69) is 0 Å². The lowest BCUT2D eigenvalue weighted by molar-refractivity contribution is 0.0921. The molecule has 0 amide bonds. The Morgan fingerprint density at radius 2 is 1.95 bits per heavy atom. The number of ether oxygens (including phenoxy) is 1. The number of benzene rings is 2. The van der Waals surface area contributed by atoms with E-state index in [1.807, 2.05) is 0 Å². The first-order valence-electron chi connectivity index (χ1n) is 5.76. The van der Waals surface area contributed by atoms with Crippen molar-refractivity contribution in [3.05, 3.63) is 63.6 Å². The van der Waals surface area contributed by atoms with Gasteiger partial charge in [0.2, 0.25) is 5.78 Å². The standard InChI is InChI=1S/C15H10Cl2O3/c16-11-4-5-13(14(17)7-11)15(19)9-20-12-3-1-2-10(6-12)8-18/h1-8H,9H2. The molecular weight excluding hydrogens is 299 g/mol. The number of hydrogen-bond donors (Lipinski definition) is 0. The van der Waals surface area contributed by atoms with Crippen molar-refractivity contribution >= 4 is 35.3 Å². The summed E-state index contributed by atoms with van der Waals surface area (Å²) >= 11 is 11.7. The van der Waals surface area contributed by atoms with Crippen molar-refractivity contribution in [1.29, 1.82) is 0 Å². The Hall–Kier alpha value is -1.84. The van der Waals surface area contributed by atoms with Crippen molar-refractivity contribution in [3.63, 3.8) is 0 Å². The Labute approximate surface area is 126 Å².